The van der Waals surface area contributed by atoms with E-state index < -0.39 is 11.9 Å². The van der Waals surface area contributed by atoms with E-state index in [1.165, 1.54) is 4.68 Å². The minimum Gasteiger partial charge on any atom is -0.381 e. The van der Waals surface area contributed by atoms with Gasteiger partial charge in [-0.2, -0.15) is 5.26 Å². The number of nitriles is 1. The molecule has 1 aromatic heterocycles. The van der Waals surface area contributed by atoms with Crippen LogP contribution < -0.4 is 5.73 Å². The number of hydrogen-bond acceptors (Lipinski definition) is 5. The Morgan fingerprint density at radius 1 is 1.67 bits per heavy atom. The van der Waals surface area contributed by atoms with Crippen molar-refractivity contribution in [2.75, 3.05) is 13.2 Å². The number of amides is 1. The summed E-state index contributed by atoms with van der Waals surface area (Å²) in [6, 6.07) is 0.718. The molecule has 1 aliphatic rings. The molecule has 1 atom stereocenters. The SMILES string of the molecule is N#C[C@H](C(N)=O)n1cc(CC2CCOCC2)nn1. The molecule has 0 unspecified atom stereocenters. The molecule has 1 aromatic rings. The summed E-state index contributed by atoms with van der Waals surface area (Å²) in [4.78, 5) is 11.0. The first-order valence-corrected chi connectivity index (χ1v) is 5.88. The molecular weight excluding hydrogens is 234 g/mol. The normalized spacial score (nSPS) is 18.2. The fourth-order valence-corrected chi connectivity index (χ4v) is 2.03. The fourth-order valence-electron chi connectivity index (χ4n) is 2.03. The molecule has 1 fully saturated rings. The maximum absolute atomic E-state index is 11.0. The Bertz CT molecular complexity index is 458. The van der Waals surface area contributed by atoms with Crippen LogP contribution in [0, 0.1) is 17.2 Å². The highest BCUT2D eigenvalue weighted by molar-refractivity contribution is 5.80. The van der Waals surface area contributed by atoms with Crippen LogP contribution in [-0.2, 0) is 16.0 Å². The molecule has 2 N–H and O–H groups in total. The average Bonchev–Trinajstić information content (AvgIpc) is 2.79. The molecule has 96 valence electrons. The van der Waals surface area contributed by atoms with Gasteiger partial charge in [0.2, 0.25) is 6.04 Å². The molecule has 2 heterocycles. The molecule has 18 heavy (non-hydrogen) atoms. The highest BCUT2D eigenvalue weighted by Gasteiger charge is 2.20. The first-order chi connectivity index (χ1) is 8.70. The third kappa shape index (κ3) is 2.84. The Hall–Kier alpha value is -1.94. The van der Waals surface area contributed by atoms with Crippen molar-refractivity contribution in [1.82, 2.24) is 15.0 Å². The minimum atomic E-state index is -1.08. The minimum absolute atomic E-state index is 0.526. The van der Waals surface area contributed by atoms with Crippen molar-refractivity contribution in [3.63, 3.8) is 0 Å². The number of nitrogens with zero attached hydrogens (tertiary/aromatic N) is 4. The van der Waals surface area contributed by atoms with Gasteiger partial charge in [-0.3, -0.25) is 4.79 Å². The van der Waals surface area contributed by atoms with Gasteiger partial charge in [-0.1, -0.05) is 5.21 Å². The quantitative estimate of drug-likeness (QED) is 0.795. The van der Waals surface area contributed by atoms with Gasteiger partial charge < -0.3 is 10.5 Å². The average molecular weight is 249 g/mol. The molecule has 0 radical (unpaired) electrons. The van der Waals surface area contributed by atoms with Crippen molar-refractivity contribution in [2.24, 2.45) is 11.7 Å². The van der Waals surface area contributed by atoms with Gasteiger partial charge in [0.05, 0.1) is 18.0 Å². The van der Waals surface area contributed by atoms with Gasteiger partial charge in [0.15, 0.2) is 0 Å². The number of aromatic nitrogens is 3. The summed E-state index contributed by atoms with van der Waals surface area (Å²) in [5, 5.41) is 16.6. The van der Waals surface area contributed by atoms with Crippen LogP contribution in [0.2, 0.25) is 0 Å². The van der Waals surface area contributed by atoms with Crippen LogP contribution in [0.3, 0.4) is 0 Å². The van der Waals surface area contributed by atoms with Crippen LogP contribution in [-0.4, -0.2) is 34.1 Å². The second-order valence-corrected chi connectivity index (χ2v) is 4.38. The molecule has 0 saturated carbocycles. The molecule has 1 saturated heterocycles. The van der Waals surface area contributed by atoms with Crippen LogP contribution in [0.4, 0.5) is 0 Å². The van der Waals surface area contributed by atoms with E-state index in [0.717, 1.165) is 38.2 Å². The number of ether oxygens (including phenoxy) is 1. The third-order valence-electron chi connectivity index (χ3n) is 3.05. The van der Waals surface area contributed by atoms with E-state index in [2.05, 4.69) is 10.3 Å². The van der Waals surface area contributed by atoms with Crippen molar-refractivity contribution < 1.29 is 9.53 Å². The number of nitrogens with two attached hydrogens (primary N) is 1. The van der Waals surface area contributed by atoms with Crippen molar-refractivity contribution in [1.29, 1.82) is 5.26 Å². The number of rotatable bonds is 4. The molecule has 0 aromatic carbocycles. The van der Waals surface area contributed by atoms with Crippen molar-refractivity contribution >= 4 is 5.91 Å². The van der Waals surface area contributed by atoms with E-state index in [9.17, 15) is 4.79 Å². The molecule has 0 bridgehead atoms. The van der Waals surface area contributed by atoms with E-state index >= 15 is 0 Å². The summed E-state index contributed by atoms with van der Waals surface area (Å²) in [5.41, 5.74) is 5.89. The van der Waals surface area contributed by atoms with Gasteiger partial charge in [-0.05, 0) is 25.2 Å². The highest BCUT2D eigenvalue weighted by atomic mass is 16.5. The summed E-state index contributed by atoms with van der Waals surface area (Å²) in [7, 11) is 0. The second kappa shape index (κ2) is 5.60. The molecule has 0 aliphatic carbocycles. The first-order valence-electron chi connectivity index (χ1n) is 5.88. The van der Waals surface area contributed by atoms with Gasteiger partial charge in [0.1, 0.15) is 0 Å². The number of primary amides is 1. The third-order valence-corrected chi connectivity index (χ3v) is 3.05. The van der Waals surface area contributed by atoms with Crippen LogP contribution >= 0.6 is 0 Å². The maximum atomic E-state index is 11.0. The molecule has 7 nitrogen and oxygen atoms in total. The van der Waals surface area contributed by atoms with Gasteiger partial charge >= 0.3 is 0 Å². The van der Waals surface area contributed by atoms with Crippen LogP contribution in [0.5, 0.6) is 0 Å². The number of carbonyl (C=O) groups is 1. The molecule has 7 heteroatoms. The van der Waals surface area contributed by atoms with E-state index in [-0.39, 0.29) is 0 Å². The van der Waals surface area contributed by atoms with Crippen LogP contribution in [0.1, 0.15) is 24.6 Å². The lowest BCUT2D eigenvalue weighted by Gasteiger charge is -2.20. The number of hydrogen-bond donors (Lipinski definition) is 1. The molecular formula is C11H15N5O2. The summed E-state index contributed by atoms with van der Waals surface area (Å²) >= 11 is 0. The van der Waals surface area contributed by atoms with Crippen molar-refractivity contribution in [3.8, 4) is 6.07 Å². The first kappa shape index (κ1) is 12.5. The van der Waals surface area contributed by atoms with Crippen LogP contribution in [0.25, 0.3) is 0 Å². The fraction of sp³-hybridized carbons (Fsp3) is 0.636. The Morgan fingerprint density at radius 3 is 3.00 bits per heavy atom. The Balaban J connectivity index is 2.01. The van der Waals surface area contributed by atoms with Gasteiger partial charge in [0.25, 0.3) is 5.91 Å². The van der Waals surface area contributed by atoms with Crippen molar-refractivity contribution in [3.05, 3.63) is 11.9 Å². The summed E-state index contributed by atoms with van der Waals surface area (Å²) in [6.45, 7) is 1.56. The summed E-state index contributed by atoms with van der Waals surface area (Å²) in [6.07, 6.45) is 4.42. The van der Waals surface area contributed by atoms with Gasteiger partial charge in [0, 0.05) is 13.2 Å². The predicted octanol–water partition coefficient (Wildman–Crippen LogP) is -0.203. The molecule has 1 aliphatic heterocycles. The standard InChI is InChI=1S/C11H15N5O2/c12-6-10(11(13)17)16-7-9(14-15-16)5-8-1-3-18-4-2-8/h7-8,10H,1-5H2,(H2,13,17)/t10-/m1/s1. The van der Waals surface area contributed by atoms with E-state index in [1.54, 1.807) is 12.3 Å². The zero-order valence-corrected chi connectivity index (χ0v) is 9.95. The smallest absolute Gasteiger partial charge is 0.257 e. The largest absolute Gasteiger partial charge is 0.381 e. The van der Waals surface area contributed by atoms with E-state index in [1.807, 2.05) is 0 Å². The molecule has 0 spiro atoms. The van der Waals surface area contributed by atoms with Gasteiger partial charge in [-0.15, -0.1) is 5.10 Å². The molecule has 1 amide bonds. The number of carbonyl (C=O) groups excluding carboxylic acids is 1. The van der Waals surface area contributed by atoms with E-state index in [0.29, 0.717) is 5.92 Å². The van der Waals surface area contributed by atoms with Crippen molar-refractivity contribution in [2.45, 2.75) is 25.3 Å². The Labute approximate surface area is 105 Å². The van der Waals surface area contributed by atoms with Crippen LogP contribution in [0.15, 0.2) is 6.20 Å². The monoisotopic (exact) mass is 249 g/mol. The lowest BCUT2D eigenvalue weighted by Crippen LogP contribution is -2.25. The maximum Gasteiger partial charge on any atom is 0.257 e. The lowest BCUT2D eigenvalue weighted by atomic mass is 9.95. The van der Waals surface area contributed by atoms with Gasteiger partial charge in [-0.25, -0.2) is 4.68 Å². The Morgan fingerprint density at radius 2 is 2.39 bits per heavy atom. The van der Waals surface area contributed by atoms with E-state index in [4.69, 9.17) is 15.7 Å². The summed E-state index contributed by atoms with van der Waals surface area (Å²) < 4.78 is 6.50. The topological polar surface area (TPSA) is 107 Å². The lowest BCUT2D eigenvalue weighted by molar-refractivity contribution is -0.119. The molecule has 2 rings (SSSR count). The second-order valence-electron chi connectivity index (χ2n) is 4.38. The Kier molecular flexibility index (Phi) is 3.89. The zero-order chi connectivity index (χ0) is 13.0. The summed E-state index contributed by atoms with van der Waals surface area (Å²) in [5.74, 6) is -0.196. The predicted molar refractivity (Wildman–Crippen MR) is 61.1 cm³/mol. The zero-order valence-electron chi connectivity index (χ0n) is 9.95. The highest BCUT2D eigenvalue weighted by Crippen LogP contribution is 2.19.